The van der Waals surface area contributed by atoms with Gasteiger partial charge in [-0.1, -0.05) is 49.2 Å². The number of hydrogen-bond donors (Lipinski definition) is 1. The van der Waals surface area contributed by atoms with Crippen LogP contribution in [0.25, 0.3) is 0 Å². The van der Waals surface area contributed by atoms with Gasteiger partial charge in [-0.2, -0.15) is 0 Å². The van der Waals surface area contributed by atoms with Crippen molar-refractivity contribution in [2.24, 2.45) is 11.3 Å². The topological polar surface area (TPSA) is 12.0 Å². The van der Waals surface area contributed by atoms with Crippen molar-refractivity contribution >= 4 is 15.9 Å². The van der Waals surface area contributed by atoms with Crippen LogP contribution in [-0.4, -0.2) is 6.04 Å². The summed E-state index contributed by atoms with van der Waals surface area (Å²) in [5.74, 6) is 0.672. The van der Waals surface area contributed by atoms with E-state index in [-0.39, 0.29) is 5.82 Å². The molecule has 1 aromatic carbocycles. The first-order valence-corrected chi connectivity index (χ1v) is 8.89. The summed E-state index contributed by atoms with van der Waals surface area (Å²) in [5, 5.41) is 3.64. The molecule has 1 saturated carbocycles. The summed E-state index contributed by atoms with van der Waals surface area (Å²) in [6.45, 7) is 7.92. The van der Waals surface area contributed by atoms with Crippen LogP contribution < -0.4 is 5.32 Å². The maximum Gasteiger partial charge on any atom is 0.124 e. The van der Waals surface area contributed by atoms with Crippen LogP contribution in [-0.2, 0) is 6.54 Å². The van der Waals surface area contributed by atoms with Crippen molar-refractivity contribution in [3.8, 4) is 0 Å². The Morgan fingerprint density at radius 3 is 2.48 bits per heavy atom. The summed E-state index contributed by atoms with van der Waals surface area (Å²) >= 11 is 3.44. The molecule has 0 spiro atoms. The van der Waals surface area contributed by atoms with E-state index in [1.54, 1.807) is 0 Å². The van der Waals surface area contributed by atoms with Gasteiger partial charge >= 0.3 is 0 Å². The zero-order valence-corrected chi connectivity index (χ0v) is 15.0. The molecule has 1 aromatic rings. The van der Waals surface area contributed by atoms with E-state index < -0.39 is 0 Å². The molecule has 0 saturated heterocycles. The number of benzene rings is 1. The first-order valence-electron chi connectivity index (χ1n) is 8.09. The molecule has 1 fully saturated rings. The lowest BCUT2D eigenvalue weighted by Crippen LogP contribution is -2.36. The van der Waals surface area contributed by atoms with Crippen LogP contribution in [0.5, 0.6) is 0 Å². The lowest BCUT2D eigenvalue weighted by molar-refractivity contribution is 0.137. The predicted molar refractivity (Wildman–Crippen MR) is 90.8 cm³/mol. The van der Waals surface area contributed by atoms with Crippen LogP contribution >= 0.6 is 15.9 Å². The summed E-state index contributed by atoms with van der Waals surface area (Å²) in [7, 11) is 0. The fourth-order valence-electron chi connectivity index (χ4n) is 3.29. The van der Waals surface area contributed by atoms with Gasteiger partial charge in [-0.15, -0.1) is 0 Å². The van der Waals surface area contributed by atoms with Crippen LogP contribution in [0.1, 0.15) is 58.4 Å². The molecule has 0 aliphatic heterocycles. The van der Waals surface area contributed by atoms with E-state index in [2.05, 4.69) is 42.0 Å². The first kappa shape index (κ1) is 17.0. The Hall–Kier alpha value is -0.410. The number of hydrogen-bond acceptors (Lipinski definition) is 1. The normalized spacial score (nSPS) is 23.3. The molecule has 0 bridgehead atoms. The van der Waals surface area contributed by atoms with Crippen molar-refractivity contribution in [2.45, 2.75) is 65.5 Å². The van der Waals surface area contributed by atoms with E-state index in [1.807, 2.05) is 6.07 Å². The van der Waals surface area contributed by atoms with Crippen molar-refractivity contribution in [2.75, 3.05) is 0 Å². The van der Waals surface area contributed by atoms with E-state index in [9.17, 15) is 4.39 Å². The molecule has 1 nitrogen and oxygen atoms in total. The van der Waals surface area contributed by atoms with E-state index in [4.69, 9.17) is 0 Å². The van der Waals surface area contributed by atoms with Gasteiger partial charge in [0, 0.05) is 17.1 Å². The summed E-state index contributed by atoms with van der Waals surface area (Å²) in [6.07, 6.45) is 6.42. The van der Waals surface area contributed by atoms with Gasteiger partial charge in [0.2, 0.25) is 0 Å². The SMILES string of the molecule is CCC(C)(C)C1CCC(NCc2ccc(F)cc2Br)CC1. The first-order chi connectivity index (χ1) is 9.92. The van der Waals surface area contributed by atoms with Crippen molar-refractivity contribution in [1.29, 1.82) is 0 Å². The highest BCUT2D eigenvalue weighted by Crippen LogP contribution is 2.40. The number of rotatable bonds is 5. The largest absolute Gasteiger partial charge is 0.310 e. The van der Waals surface area contributed by atoms with Gasteiger partial charge in [0.15, 0.2) is 0 Å². The molecule has 0 aromatic heterocycles. The Labute approximate surface area is 136 Å². The highest BCUT2D eigenvalue weighted by atomic mass is 79.9. The van der Waals surface area contributed by atoms with E-state index in [1.165, 1.54) is 44.2 Å². The molecule has 0 atom stereocenters. The molecule has 0 unspecified atom stereocenters. The minimum absolute atomic E-state index is 0.187. The third kappa shape index (κ3) is 4.53. The lowest BCUT2D eigenvalue weighted by Gasteiger charge is -2.39. The molecular weight excluding hydrogens is 329 g/mol. The highest BCUT2D eigenvalue weighted by molar-refractivity contribution is 9.10. The zero-order valence-electron chi connectivity index (χ0n) is 13.4. The Kier molecular flexibility index (Phi) is 5.84. The second-order valence-corrected chi connectivity index (χ2v) is 7.86. The third-order valence-corrected chi connectivity index (χ3v) is 6.08. The smallest absolute Gasteiger partial charge is 0.124 e. The van der Waals surface area contributed by atoms with Gasteiger partial charge in [-0.25, -0.2) is 4.39 Å². The molecule has 21 heavy (non-hydrogen) atoms. The molecule has 0 heterocycles. The van der Waals surface area contributed by atoms with Crippen molar-refractivity contribution < 1.29 is 4.39 Å². The second-order valence-electron chi connectivity index (χ2n) is 7.01. The van der Waals surface area contributed by atoms with Crippen molar-refractivity contribution in [1.82, 2.24) is 5.32 Å². The van der Waals surface area contributed by atoms with Gasteiger partial charge < -0.3 is 5.32 Å². The highest BCUT2D eigenvalue weighted by Gasteiger charge is 2.31. The van der Waals surface area contributed by atoms with Gasteiger partial charge in [-0.3, -0.25) is 0 Å². The molecule has 2 rings (SSSR count). The quantitative estimate of drug-likeness (QED) is 0.716. The molecule has 118 valence electrons. The zero-order chi connectivity index (χ0) is 15.5. The fraction of sp³-hybridized carbons (Fsp3) is 0.667. The van der Waals surface area contributed by atoms with Gasteiger partial charge in [-0.05, 0) is 54.7 Å². The molecule has 1 N–H and O–H groups in total. The van der Waals surface area contributed by atoms with Gasteiger partial charge in [0.1, 0.15) is 5.82 Å². The fourth-order valence-corrected chi connectivity index (χ4v) is 3.78. The molecule has 0 amide bonds. The molecule has 1 aliphatic carbocycles. The summed E-state index contributed by atoms with van der Waals surface area (Å²) in [6, 6.07) is 5.53. The predicted octanol–water partition coefficient (Wildman–Crippen LogP) is 5.67. The minimum atomic E-state index is -0.187. The average Bonchev–Trinajstić information content (AvgIpc) is 2.47. The van der Waals surface area contributed by atoms with Crippen LogP contribution in [0.3, 0.4) is 0 Å². The Morgan fingerprint density at radius 2 is 1.90 bits per heavy atom. The maximum atomic E-state index is 13.1. The Morgan fingerprint density at radius 1 is 1.24 bits per heavy atom. The van der Waals surface area contributed by atoms with Crippen molar-refractivity contribution in [3.05, 3.63) is 34.1 Å². The van der Waals surface area contributed by atoms with Gasteiger partial charge in [0.25, 0.3) is 0 Å². The molecular formula is C18H27BrFN. The average molecular weight is 356 g/mol. The minimum Gasteiger partial charge on any atom is -0.310 e. The Balaban J connectivity index is 1.81. The van der Waals surface area contributed by atoms with E-state index in [0.717, 1.165) is 22.5 Å². The van der Waals surface area contributed by atoms with Crippen LogP contribution in [0, 0.1) is 17.2 Å². The van der Waals surface area contributed by atoms with E-state index in [0.29, 0.717) is 11.5 Å². The van der Waals surface area contributed by atoms with Gasteiger partial charge in [0.05, 0.1) is 0 Å². The lowest BCUT2D eigenvalue weighted by atomic mass is 9.69. The Bertz CT molecular complexity index is 464. The maximum absolute atomic E-state index is 13.1. The van der Waals surface area contributed by atoms with Crippen LogP contribution in [0.2, 0.25) is 0 Å². The third-order valence-electron chi connectivity index (χ3n) is 5.34. The van der Waals surface area contributed by atoms with E-state index >= 15 is 0 Å². The van der Waals surface area contributed by atoms with Crippen LogP contribution in [0.4, 0.5) is 4.39 Å². The number of halogens is 2. The molecule has 3 heteroatoms. The standard InChI is InChI=1S/C18H27BrFN/c1-4-18(2,3)14-6-9-16(10-7-14)21-12-13-5-8-15(20)11-17(13)19/h5,8,11,14,16,21H,4,6-7,9-10,12H2,1-3H3. The van der Waals surface area contributed by atoms with Crippen molar-refractivity contribution in [3.63, 3.8) is 0 Å². The second kappa shape index (κ2) is 7.23. The summed E-state index contributed by atoms with van der Waals surface area (Å²) in [4.78, 5) is 0. The number of nitrogens with one attached hydrogen (secondary N) is 1. The summed E-state index contributed by atoms with van der Waals surface area (Å²) < 4.78 is 13.9. The molecule has 0 radical (unpaired) electrons. The molecule has 1 aliphatic rings. The van der Waals surface area contributed by atoms with Crippen LogP contribution in [0.15, 0.2) is 22.7 Å². The monoisotopic (exact) mass is 355 g/mol. The summed E-state index contributed by atoms with van der Waals surface area (Å²) in [5.41, 5.74) is 1.61.